The predicted octanol–water partition coefficient (Wildman–Crippen LogP) is 6.35. The van der Waals surface area contributed by atoms with Gasteiger partial charge in [0.1, 0.15) is 5.60 Å². The Bertz CT molecular complexity index is 925. The molecule has 0 spiro atoms. The van der Waals surface area contributed by atoms with Crippen molar-refractivity contribution >= 4 is 17.9 Å². The summed E-state index contributed by atoms with van der Waals surface area (Å²) in [6, 6.07) is 13.1. The van der Waals surface area contributed by atoms with Crippen LogP contribution in [0.5, 0.6) is 0 Å². The summed E-state index contributed by atoms with van der Waals surface area (Å²) in [7, 11) is 0. The van der Waals surface area contributed by atoms with Crippen LogP contribution >= 0.6 is 11.8 Å². The van der Waals surface area contributed by atoms with Gasteiger partial charge >= 0.3 is 12.3 Å². The number of thioether (sulfide) groups is 1. The van der Waals surface area contributed by atoms with Crippen LogP contribution in [-0.4, -0.2) is 42.0 Å². The summed E-state index contributed by atoms with van der Waals surface area (Å²) in [5.41, 5.74) is 0.403. The summed E-state index contributed by atoms with van der Waals surface area (Å²) in [4.78, 5) is 15.4. The van der Waals surface area contributed by atoms with Crippen molar-refractivity contribution in [1.82, 2.24) is 4.90 Å². The molecular weight excluding hydrogens is 439 g/mol. The van der Waals surface area contributed by atoms with Crippen LogP contribution in [0.25, 0.3) is 0 Å². The summed E-state index contributed by atoms with van der Waals surface area (Å²) in [6.45, 7) is 6.41. The lowest BCUT2D eigenvalue weighted by Gasteiger charge is -2.24. The van der Waals surface area contributed by atoms with E-state index in [1.165, 1.54) is 12.1 Å². The first-order valence-electron chi connectivity index (χ1n) is 10.4. The molecule has 1 saturated heterocycles. The van der Waals surface area contributed by atoms with E-state index in [0.717, 1.165) is 22.6 Å². The van der Waals surface area contributed by atoms with Crippen molar-refractivity contribution in [3.05, 3.63) is 65.2 Å². The van der Waals surface area contributed by atoms with Gasteiger partial charge < -0.3 is 14.4 Å². The minimum atomic E-state index is -4.37. The summed E-state index contributed by atoms with van der Waals surface area (Å²) >= 11 is 1.63. The number of amides is 1. The Morgan fingerprint density at radius 3 is 2.38 bits per heavy atom. The van der Waals surface area contributed by atoms with Gasteiger partial charge in [0, 0.05) is 17.4 Å². The number of benzene rings is 2. The molecule has 8 heteroatoms. The molecule has 3 rings (SSSR count). The van der Waals surface area contributed by atoms with Gasteiger partial charge in [-0.25, -0.2) is 4.79 Å². The molecule has 0 N–H and O–H groups in total. The predicted molar refractivity (Wildman–Crippen MR) is 119 cm³/mol. The van der Waals surface area contributed by atoms with Crippen molar-refractivity contribution in [2.75, 3.05) is 19.3 Å². The summed E-state index contributed by atoms with van der Waals surface area (Å²) in [5, 5.41) is 0. The topological polar surface area (TPSA) is 38.8 Å². The van der Waals surface area contributed by atoms with Gasteiger partial charge in [0.05, 0.1) is 24.8 Å². The average Bonchev–Trinajstić information content (AvgIpc) is 3.15. The van der Waals surface area contributed by atoms with E-state index < -0.39 is 23.4 Å². The van der Waals surface area contributed by atoms with E-state index >= 15 is 0 Å². The van der Waals surface area contributed by atoms with E-state index in [2.05, 4.69) is 6.07 Å². The molecule has 1 aliphatic rings. The maximum absolute atomic E-state index is 12.8. The van der Waals surface area contributed by atoms with Crippen molar-refractivity contribution in [2.45, 2.75) is 56.1 Å². The molecule has 2 aromatic carbocycles. The van der Waals surface area contributed by atoms with E-state index in [-0.39, 0.29) is 18.6 Å². The number of halogens is 3. The molecule has 32 heavy (non-hydrogen) atoms. The van der Waals surface area contributed by atoms with Crippen molar-refractivity contribution in [3.63, 3.8) is 0 Å². The van der Waals surface area contributed by atoms with Crippen LogP contribution in [0.15, 0.2) is 53.4 Å². The number of ether oxygens (including phenoxy) is 2. The van der Waals surface area contributed by atoms with Crippen molar-refractivity contribution in [1.29, 1.82) is 0 Å². The number of hydrogen-bond donors (Lipinski definition) is 0. The van der Waals surface area contributed by atoms with E-state index in [1.54, 1.807) is 16.7 Å². The number of carbonyl (C=O) groups is 1. The molecule has 1 fully saturated rings. The van der Waals surface area contributed by atoms with Crippen molar-refractivity contribution in [3.8, 4) is 0 Å². The first-order valence-corrected chi connectivity index (χ1v) is 11.6. The van der Waals surface area contributed by atoms with Crippen LogP contribution in [0.4, 0.5) is 18.0 Å². The van der Waals surface area contributed by atoms with Crippen LogP contribution in [0.1, 0.15) is 43.4 Å². The zero-order valence-corrected chi connectivity index (χ0v) is 19.4. The lowest BCUT2D eigenvalue weighted by atomic mass is 9.96. The largest absolute Gasteiger partial charge is 0.444 e. The number of hydrogen-bond acceptors (Lipinski definition) is 4. The van der Waals surface area contributed by atoms with Gasteiger partial charge in [-0.15, -0.1) is 11.8 Å². The van der Waals surface area contributed by atoms with E-state index in [0.29, 0.717) is 18.7 Å². The molecule has 0 aliphatic carbocycles. The van der Waals surface area contributed by atoms with Gasteiger partial charge in [-0.05, 0) is 62.4 Å². The zero-order chi connectivity index (χ0) is 23.5. The highest BCUT2D eigenvalue weighted by Gasteiger charge is 2.39. The van der Waals surface area contributed by atoms with Crippen molar-refractivity contribution < 1.29 is 27.4 Å². The first kappa shape index (κ1) is 24.5. The third kappa shape index (κ3) is 6.42. The highest BCUT2D eigenvalue weighted by Crippen LogP contribution is 2.34. The molecular formula is C24H28F3NO3S. The molecule has 0 aromatic heterocycles. The van der Waals surface area contributed by atoms with Gasteiger partial charge in [0.15, 0.2) is 0 Å². The molecule has 0 bridgehead atoms. The van der Waals surface area contributed by atoms with Gasteiger partial charge in [0.25, 0.3) is 0 Å². The Kier molecular flexibility index (Phi) is 7.45. The van der Waals surface area contributed by atoms with Crippen LogP contribution in [0.2, 0.25) is 0 Å². The molecule has 1 heterocycles. The van der Waals surface area contributed by atoms with Crippen LogP contribution in [0.3, 0.4) is 0 Å². The quantitative estimate of drug-likeness (QED) is 0.481. The normalized spacial score (nSPS) is 19.3. The lowest BCUT2D eigenvalue weighted by molar-refractivity contribution is -0.137. The molecule has 0 radical (unpaired) electrons. The molecule has 2 unspecified atom stereocenters. The fraction of sp³-hybridized carbons (Fsp3) is 0.458. The van der Waals surface area contributed by atoms with E-state index in [1.807, 2.05) is 45.2 Å². The molecule has 4 nitrogen and oxygen atoms in total. The average molecular weight is 468 g/mol. The number of carbonyl (C=O) groups excluding carboxylic acids is 1. The number of alkyl halides is 3. The minimum absolute atomic E-state index is 0.0657. The van der Waals surface area contributed by atoms with Gasteiger partial charge in [-0.1, -0.05) is 24.3 Å². The third-order valence-corrected chi connectivity index (χ3v) is 5.91. The Morgan fingerprint density at radius 1 is 1.09 bits per heavy atom. The smallest absolute Gasteiger partial charge is 0.416 e. The monoisotopic (exact) mass is 467 g/mol. The summed E-state index contributed by atoms with van der Waals surface area (Å²) in [5.74, 6) is -0.0657. The van der Waals surface area contributed by atoms with Crippen molar-refractivity contribution in [2.24, 2.45) is 0 Å². The minimum Gasteiger partial charge on any atom is -0.444 e. The van der Waals surface area contributed by atoms with Gasteiger partial charge in [-0.3, -0.25) is 0 Å². The second-order valence-corrected chi connectivity index (χ2v) is 9.69. The first-order chi connectivity index (χ1) is 15.0. The molecule has 0 saturated carbocycles. The fourth-order valence-corrected chi connectivity index (χ4v) is 4.07. The number of rotatable bonds is 5. The second-order valence-electron chi connectivity index (χ2n) is 8.81. The van der Waals surface area contributed by atoms with Crippen LogP contribution in [0, 0.1) is 0 Å². The maximum atomic E-state index is 12.8. The highest BCUT2D eigenvalue weighted by molar-refractivity contribution is 7.98. The zero-order valence-electron chi connectivity index (χ0n) is 18.6. The summed E-state index contributed by atoms with van der Waals surface area (Å²) < 4.78 is 50.1. The molecule has 1 aliphatic heterocycles. The van der Waals surface area contributed by atoms with E-state index in [4.69, 9.17) is 9.47 Å². The van der Waals surface area contributed by atoms with Gasteiger partial charge in [-0.2, -0.15) is 13.2 Å². The highest BCUT2D eigenvalue weighted by atomic mass is 32.2. The molecule has 1 amide bonds. The standard InChI is InChI=1S/C24H28F3NO3S/c1-23(2,3)31-22(29)28-13-20(17-6-5-7-19(12-17)32-4)21(14-28)30-15-16-8-10-18(11-9-16)24(25,26)27/h5-12,20-21H,13-15H2,1-4H3. The maximum Gasteiger partial charge on any atom is 0.416 e. The number of likely N-dealkylation sites (tertiary alicyclic amines) is 1. The Labute approximate surface area is 191 Å². The SMILES string of the molecule is CSc1cccc(C2CN(C(=O)OC(C)(C)C)CC2OCc2ccc(C(F)(F)F)cc2)c1. The Hall–Kier alpha value is -2.19. The second kappa shape index (κ2) is 9.75. The molecule has 2 atom stereocenters. The fourth-order valence-electron chi connectivity index (χ4n) is 3.60. The Morgan fingerprint density at radius 2 is 1.78 bits per heavy atom. The molecule has 174 valence electrons. The van der Waals surface area contributed by atoms with Crippen LogP contribution in [-0.2, 0) is 22.3 Å². The lowest BCUT2D eigenvalue weighted by Crippen LogP contribution is -2.36. The third-order valence-electron chi connectivity index (χ3n) is 5.19. The molecule has 2 aromatic rings. The Balaban J connectivity index is 1.76. The van der Waals surface area contributed by atoms with E-state index in [9.17, 15) is 18.0 Å². The van der Waals surface area contributed by atoms with Crippen LogP contribution < -0.4 is 0 Å². The number of nitrogens with zero attached hydrogens (tertiary/aromatic N) is 1. The summed E-state index contributed by atoms with van der Waals surface area (Å²) in [6.07, 6.45) is -3.07. The van der Waals surface area contributed by atoms with Gasteiger partial charge in [0.2, 0.25) is 0 Å².